The molecular formula is C21H24N2O3. The molecule has 1 aliphatic rings. The lowest BCUT2D eigenvalue weighted by Gasteiger charge is -2.20. The maximum absolute atomic E-state index is 12.6. The Labute approximate surface area is 154 Å². The van der Waals surface area contributed by atoms with Crippen molar-refractivity contribution in [2.24, 2.45) is 5.92 Å². The first kappa shape index (κ1) is 18.0. The van der Waals surface area contributed by atoms with Crippen molar-refractivity contribution < 1.29 is 14.3 Å². The van der Waals surface area contributed by atoms with E-state index < -0.39 is 0 Å². The Balaban J connectivity index is 1.69. The molecule has 0 aromatic heterocycles. The van der Waals surface area contributed by atoms with Gasteiger partial charge in [-0.25, -0.2) is 0 Å². The van der Waals surface area contributed by atoms with E-state index in [0.29, 0.717) is 18.8 Å². The maximum Gasteiger partial charge on any atom is 0.227 e. The lowest BCUT2D eigenvalue weighted by Crippen LogP contribution is -2.32. The van der Waals surface area contributed by atoms with E-state index in [2.05, 4.69) is 5.32 Å². The van der Waals surface area contributed by atoms with Crippen LogP contribution in [0.3, 0.4) is 0 Å². The van der Waals surface area contributed by atoms with Gasteiger partial charge in [0.05, 0.1) is 18.7 Å². The van der Waals surface area contributed by atoms with Gasteiger partial charge < -0.3 is 15.0 Å². The van der Waals surface area contributed by atoms with Crippen LogP contribution < -0.4 is 15.0 Å². The standard InChI is InChI=1S/C21H24N2O3/c1-14-8-9-19(26-3)18(10-14)23-13-17(11-20(23)24)21(25)22-12-16-7-5-4-6-15(16)2/h4-10,17H,11-13H2,1-3H3,(H,22,25)/t17-/m0/s1. The zero-order valence-corrected chi connectivity index (χ0v) is 15.4. The second-order valence-corrected chi connectivity index (χ2v) is 6.72. The molecule has 5 heteroatoms. The Hall–Kier alpha value is -2.82. The highest BCUT2D eigenvalue weighted by Gasteiger charge is 2.36. The minimum absolute atomic E-state index is 0.0510. The summed E-state index contributed by atoms with van der Waals surface area (Å²) in [6.07, 6.45) is 0.219. The Bertz CT molecular complexity index is 832. The van der Waals surface area contributed by atoms with E-state index in [4.69, 9.17) is 4.74 Å². The smallest absolute Gasteiger partial charge is 0.227 e. The van der Waals surface area contributed by atoms with Crippen molar-refractivity contribution in [3.63, 3.8) is 0 Å². The predicted octanol–water partition coefficient (Wildman–Crippen LogP) is 2.98. The molecule has 26 heavy (non-hydrogen) atoms. The summed E-state index contributed by atoms with van der Waals surface area (Å²) in [5.41, 5.74) is 4.00. The number of ether oxygens (including phenoxy) is 1. The molecule has 0 saturated carbocycles. The molecule has 1 atom stereocenters. The van der Waals surface area contributed by atoms with Crippen LogP contribution in [0.5, 0.6) is 5.75 Å². The number of hydrogen-bond donors (Lipinski definition) is 1. The quantitative estimate of drug-likeness (QED) is 0.900. The van der Waals surface area contributed by atoms with Crippen LogP contribution >= 0.6 is 0 Å². The van der Waals surface area contributed by atoms with Crippen molar-refractivity contribution in [2.45, 2.75) is 26.8 Å². The molecule has 1 N–H and O–H groups in total. The average molecular weight is 352 g/mol. The van der Waals surface area contributed by atoms with Gasteiger partial charge in [-0.1, -0.05) is 30.3 Å². The van der Waals surface area contributed by atoms with Gasteiger partial charge in [0.25, 0.3) is 0 Å². The SMILES string of the molecule is COc1ccc(C)cc1N1C[C@@H](C(=O)NCc2ccccc2C)CC1=O. The third kappa shape index (κ3) is 3.72. The lowest BCUT2D eigenvalue weighted by atomic mass is 10.1. The molecule has 1 fully saturated rings. The Morgan fingerprint density at radius 2 is 2.00 bits per heavy atom. The first-order chi connectivity index (χ1) is 12.5. The van der Waals surface area contributed by atoms with Crippen molar-refractivity contribution >= 4 is 17.5 Å². The molecule has 3 rings (SSSR count). The predicted molar refractivity (Wildman–Crippen MR) is 101 cm³/mol. The van der Waals surface area contributed by atoms with Gasteiger partial charge in [0.2, 0.25) is 11.8 Å². The number of rotatable bonds is 5. The third-order valence-corrected chi connectivity index (χ3v) is 4.84. The van der Waals surface area contributed by atoms with Gasteiger partial charge in [-0.05, 0) is 42.7 Å². The first-order valence-corrected chi connectivity index (χ1v) is 8.77. The van der Waals surface area contributed by atoms with Crippen LogP contribution in [0.25, 0.3) is 0 Å². The fraction of sp³-hybridized carbons (Fsp3) is 0.333. The average Bonchev–Trinajstić information content (AvgIpc) is 3.02. The van der Waals surface area contributed by atoms with Gasteiger partial charge >= 0.3 is 0 Å². The van der Waals surface area contributed by atoms with Crippen LogP contribution in [-0.4, -0.2) is 25.5 Å². The summed E-state index contributed by atoms with van der Waals surface area (Å²) in [4.78, 5) is 26.7. The molecule has 0 bridgehead atoms. The second kappa shape index (κ2) is 7.60. The van der Waals surface area contributed by atoms with Crippen molar-refractivity contribution in [3.05, 3.63) is 59.2 Å². The molecule has 0 radical (unpaired) electrons. The summed E-state index contributed by atoms with van der Waals surface area (Å²) in [6, 6.07) is 13.7. The molecular weight excluding hydrogens is 328 g/mol. The topological polar surface area (TPSA) is 58.6 Å². The molecule has 0 unspecified atom stereocenters. The van der Waals surface area contributed by atoms with E-state index in [1.165, 1.54) is 0 Å². The van der Waals surface area contributed by atoms with Gasteiger partial charge in [0, 0.05) is 19.5 Å². The summed E-state index contributed by atoms with van der Waals surface area (Å²) in [7, 11) is 1.58. The number of hydrogen-bond acceptors (Lipinski definition) is 3. The molecule has 1 heterocycles. The van der Waals surface area contributed by atoms with Crippen LogP contribution in [0.2, 0.25) is 0 Å². The lowest BCUT2D eigenvalue weighted by molar-refractivity contribution is -0.126. The van der Waals surface area contributed by atoms with Crippen molar-refractivity contribution in [1.29, 1.82) is 0 Å². The highest BCUT2D eigenvalue weighted by Crippen LogP contribution is 2.33. The monoisotopic (exact) mass is 352 g/mol. The summed E-state index contributed by atoms with van der Waals surface area (Å²) in [6.45, 7) is 4.84. The minimum Gasteiger partial charge on any atom is -0.495 e. The molecule has 2 amide bonds. The van der Waals surface area contributed by atoms with E-state index >= 15 is 0 Å². The highest BCUT2D eigenvalue weighted by atomic mass is 16.5. The van der Waals surface area contributed by atoms with Crippen LogP contribution in [0.1, 0.15) is 23.1 Å². The zero-order valence-electron chi connectivity index (χ0n) is 15.4. The summed E-state index contributed by atoms with van der Waals surface area (Å²) < 4.78 is 5.38. The number of carbonyl (C=O) groups excluding carboxylic acids is 2. The molecule has 0 spiro atoms. The van der Waals surface area contributed by atoms with Crippen molar-refractivity contribution in [1.82, 2.24) is 5.32 Å². The number of nitrogens with zero attached hydrogens (tertiary/aromatic N) is 1. The van der Waals surface area contributed by atoms with Gasteiger partial charge in [-0.15, -0.1) is 0 Å². The number of anilines is 1. The number of benzene rings is 2. The number of amides is 2. The van der Waals surface area contributed by atoms with Crippen molar-refractivity contribution in [3.8, 4) is 5.75 Å². The fourth-order valence-electron chi connectivity index (χ4n) is 3.26. The summed E-state index contributed by atoms with van der Waals surface area (Å²) >= 11 is 0. The molecule has 5 nitrogen and oxygen atoms in total. The highest BCUT2D eigenvalue weighted by molar-refractivity contribution is 6.01. The van der Waals surface area contributed by atoms with Crippen LogP contribution in [0.4, 0.5) is 5.69 Å². The number of methoxy groups -OCH3 is 1. The molecule has 1 aliphatic heterocycles. The number of carbonyl (C=O) groups is 2. The van der Waals surface area contributed by atoms with E-state index in [9.17, 15) is 9.59 Å². The fourth-order valence-corrected chi connectivity index (χ4v) is 3.26. The first-order valence-electron chi connectivity index (χ1n) is 8.77. The molecule has 2 aromatic carbocycles. The molecule has 0 aliphatic carbocycles. The van der Waals surface area contributed by atoms with E-state index in [1.807, 2.05) is 56.3 Å². The number of aryl methyl sites for hydroxylation is 2. The number of nitrogens with one attached hydrogen (secondary N) is 1. The van der Waals surface area contributed by atoms with Crippen molar-refractivity contribution in [2.75, 3.05) is 18.6 Å². The molecule has 2 aromatic rings. The Morgan fingerprint density at radius 3 is 2.73 bits per heavy atom. The Morgan fingerprint density at radius 1 is 1.23 bits per heavy atom. The van der Waals surface area contributed by atoms with Gasteiger partial charge in [-0.2, -0.15) is 0 Å². The van der Waals surface area contributed by atoms with Gasteiger partial charge in [0.1, 0.15) is 5.75 Å². The van der Waals surface area contributed by atoms with Crippen LogP contribution in [-0.2, 0) is 16.1 Å². The van der Waals surface area contributed by atoms with E-state index in [1.54, 1.807) is 12.0 Å². The van der Waals surface area contributed by atoms with Gasteiger partial charge in [-0.3, -0.25) is 9.59 Å². The van der Waals surface area contributed by atoms with Crippen LogP contribution in [0, 0.1) is 19.8 Å². The molecule has 1 saturated heterocycles. The molecule has 136 valence electrons. The zero-order chi connectivity index (χ0) is 18.7. The largest absolute Gasteiger partial charge is 0.495 e. The second-order valence-electron chi connectivity index (χ2n) is 6.72. The summed E-state index contributed by atoms with van der Waals surface area (Å²) in [5, 5.41) is 2.97. The van der Waals surface area contributed by atoms with Crippen LogP contribution in [0.15, 0.2) is 42.5 Å². The Kier molecular flexibility index (Phi) is 5.26. The van der Waals surface area contributed by atoms with E-state index in [-0.39, 0.29) is 24.2 Å². The normalized spacial score (nSPS) is 16.7. The summed E-state index contributed by atoms with van der Waals surface area (Å²) in [5.74, 6) is 0.155. The third-order valence-electron chi connectivity index (χ3n) is 4.84. The van der Waals surface area contributed by atoms with E-state index in [0.717, 1.165) is 22.4 Å². The van der Waals surface area contributed by atoms with Gasteiger partial charge in [0.15, 0.2) is 0 Å². The minimum atomic E-state index is -0.350. The maximum atomic E-state index is 12.6.